The number of hydrogen-bond donors (Lipinski definition) is 1. The Morgan fingerprint density at radius 1 is 1.10 bits per heavy atom. The summed E-state index contributed by atoms with van der Waals surface area (Å²) in [5.41, 5.74) is 7.10. The first-order chi connectivity index (χ1) is 9.49. The number of carboxylic acid groups (broad SMARTS) is 1. The summed E-state index contributed by atoms with van der Waals surface area (Å²) in [5, 5.41) is 11.2. The second-order valence-corrected chi connectivity index (χ2v) is 4.70. The van der Waals surface area contributed by atoms with Gasteiger partial charge in [0.15, 0.2) is 5.78 Å². The Labute approximate surface area is 149 Å². The second kappa shape index (κ2) is 7.61. The van der Waals surface area contributed by atoms with Crippen LogP contribution >= 0.6 is 11.6 Å². The van der Waals surface area contributed by atoms with Crippen molar-refractivity contribution in [2.45, 2.75) is 6.42 Å². The number of para-hydroxylation sites is 1. The van der Waals surface area contributed by atoms with Gasteiger partial charge in [-0.25, -0.2) is 0 Å². The number of halogens is 1. The van der Waals surface area contributed by atoms with Crippen molar-refractivity contribution in [1.82, 2.24) is 0 Å². The van der Waals surface area contributed by atoms with Crippen molar-refractivity contribution >= 4 is 29.0 Å². The van der Waals surface area contributed by atoms with Crippen LogP contribution in [0.1, 0.15) is 21.5 Å². The first-order valence-electron chi connectivity index (χ1n) is 5.86. The van der Waals surface area contributed by atoms with E-state index in [4.69, 9.17) is 17.3 Å². The van der Waals surface area contributed by atoms with E-state index in [0.29, 0.717) is 16.1 Å². The number of aliphatic carboxylic acids is 1. The number of rotatable bonds is 4. The van der Waals surface area contributed by atoms with Crippen LogP contribution in [0.3, 0.4) is 0 Å². The smallest absolute Gasteiger partial charge is 0.550 e. The maximum absolute atomic E-state index is 12.3. The molecule has 0 radical (unpaired) electrons. The number of benzene rings is 2. The maximum atomic E-state index is 12.3. The maximum Gasteiger partial charge on any atom is 1.00 e. The standard InChI is InChI=1S/C15H12ClNO3.Na/c16-11-6-4-9(5-7-11)15(20)12-3-1-2-10(14(12)17)8-13(18)19;/h1-7H,8,17H2,(H,18,19);/q;+1/p-1. The van der Waals surface area contributed by atoms with Gasteiger partial charge in [0.05, 0.1) is 0 Å². The van der Waals surface area contributed by atoms with Crippen LogP contribution in [-0.4, -0.2) is 11.8 Å². The molecule has 0 fully saturated rings. The molecule has 21 heavy (non-hydrogen) atoms. The van der Waals surface area contributed by atoms with E-state index in [1.807, 2.05) is 0 Å². The molecule has 6 heteroatoms. The Hall–Kier alpha value is -1.33. The molecule has 0 unspecified atom stereocenters. The molecule has 0 spiro atoms. The minimum Gasteiger partial charge on any atom is -0.550 e. The molecule has 0 aliphatic heterocycles. The van der Waals surface area contributed by atoms with Gasteiger partial charge in [-0.1, -0.05) is 23.7 Å². The molecule has 2 aromatic rings. The predicted molar refractivity (Wildman–Crippen MR) is 74.4 cm³/mol. The van der Waals surface area contributed by atoms with Crippen molar-refractivity contribution in [1.29, 1.82) is 0 Å². The van der Waals surface area contributed by atoms with Gasteiger partial charge in [-0.3, -0.25) is 4.79 Å². The van der Waals surface area contributed by atoms with Crippen molar-refractivity contribution in [2.75, 3.05) is 5.73 Å². The summed E-state index contributed by atoms with van der Waals surface area (Å²) in [4.78, 5) is 23.0. The van der Waals surface area contributed by atoms with Gasteiger partial charge in [-0.15, -0.1) is 0 Å². The average Bonchev–Trinajstić information content (AvgIpc) is 2.41. The normalized spacial score (nSPS) is 9.76. The molecule has 0 aliphatic rings. The summed E-state index contributed by atoms with van der Waals surface area (Å²) in [5.74, 6) is -1.52. The molecule has 2 rings (SSSR count). The summed E-state index contributed by atoms with van der Waals surface area (Å²) in [7, 11) is 0. The van der Waals surface area contributed by atoms with E-state index in [1.54, 1.807) is 42.5 Å². The van der Waals surface area contributed by atoms with E-state index in [-0.39, 0.29) is 53.0 Å². The fourth-order valence-electron chi connectivity index (χ4n) is 1.88. The molecule has 0 aromatic heterocycles. The molecule has 102 valence electrons. The largest absolute Gasteiger partial charge is 1.00 e. The minimum absolute atomic E-state index is 0. The molecule has 4 nitrogen and oxygen atoms in total. The predicted octanol–water partition coefficient (Wildman–Crippen LogP) is -1.55. The van der Waals surface area contributed by atoms with Crippen molar-refractivity contribution < 1.29 is 44.3 Å². The number of anilines is 1. The molecule has 0 saturated carbocycles. The Kier molecular flexibility index (Phi) is 6.42. The van der Waals surface area contributed by atoms with E-state index in [9.17, 15) is 14.7 Å². The van der Waals surface area contributed by atoms with Crippen molar-refractivity contribution in [2.24, 2.45) is 0 Å². The van der Waals surface area contributed by atoms with Crippen molar-refractivity contribution in [3.05, 3.63) is 64.2 Å². The van der Waals surface area contributed by atoms with Crippen molar-refractivity contribution in [3.8, 4) is 0 Å². The molecule has 0 bridgehead atoms. The zero-order valence-electron chi connectivity index (χ0n) is 11.4. The SMILES string of the molecule is Nc1c(CC(=O)[O-])cccc1C(=O)c1ccc(Cl)cc1.[Na+]. The molecular formula is C15H11ClNNaO3. The number of nitrogen functional groups attached to an aromatic ring is 1. The summed E-state index contributed by atoms with van der Waals surface area (Å²) in [6, 6.07) is 11.1. The van der Waals surface area contributed by atoms with Crippen LogP contribution in [0.2, 0.25) is 5.02 Å². The molecule has 2 N–H and O–H groups in total. The first kappa shape index (κ1) is 17.7. The quantitative estimate of drug-likeness (QED) is 0.421. The molecule has 0 atom stereocenters. The number of carbonyl (C=O) groups is 2. The van der Waals surface area contributed by atoms with Crippen LogP contribution < -0.4 is 40.4 Å². The van der Waals surface area contributed by atoms with E-state index in [0.717, 1.165) is 0 Å². The Balaban J connectivity index is 0.00000220. The number of carbonyl (C=O) groups excluding carboxylic acids is 2. The summed E-state index contributed by atoms with van der Waals surface area (Å²) in [6.45, 7) is 0. The van der Waals surface area contributed by atoms with Crippen LogP contribution in [0.25, 0.3) is 0 Å². The van der Waals surface area contributed by atoms with Crippen LogP contribution in [0.5, 0.6) is 0 Å². The summed E-state index contributed by atoms with van der Waals surface area (Å²) < 4.78 is 0. The Bertz CT molecular complexity index is 671. The second-order valence-electron chi connectivity index (χ2n) is 4.26. The van der Waals surface area contributed by atoms with Gasteiger partial charge in [0.2, 0.25) is 0 Å². The monoisotopic (exact) mass is 311 g/mol. The van der Waals surface area contributed by atoms with Crippen LogP contribution in [0, 0.1) is 0 Å². The van der Waals surface area contributed by atoms with Crippen molar-refractivity contribution in [3.63, 3.8) is 0 Å². The van der Waals surface area contributed by atoms with Crippen LogP contribution in [0.15, 0.2) is 42.5 Å². The summed E-state index contributed by atoms with van der Waals surface area (Å²) >= 11 is 5.77. The Morgan fingerprint density at radius 3 is 2.29 bits per heavy atom. The number of nitrogens with two attached hydrogens (primary N) is 1. The minimum atomic E-state index is -1.24. The van der Waals surface area contributed by atoms with Crippen LogP contribution in [-0.2, 0) is 11.2 Å². The molecular weight excluding hydrogens is 301 g/mol. The van der Waals surface area contributed by atoms with E-state index < -0.39 is 5.97 Å². The topological polar surface area (TPSA) is 83.2 Å². The number of ketones is 1. The third kappa shape index (κ3) is 4.32. The van der Waals surface area contributed by atoms with Crippen LogP contribution in [0.4, 0.5) is 5.69 Å². The molecule has 0 heterocycles. The summed E-state index contributed by atoms with van der Waals surface area (Å²) in [6.07, 6.45) is -0.326. The van der Waals surface area contributed by atoms with Gasteiger partial charge in [-0.2, -0.15) is 0 Å². The van der Waals surface area contributed by atoms with E-state index in [1.165, 1.54) is 0 Å². The molecule has 0 saturated heterocycles. The zero-order valence-corrected chi connectivity index (χ0v) is 14.2. The number of hydrogen-bond acceptors (Lipinski definition) is 4. The van der Waals surface area contributed by atoms with Gasteiger partial charge in [-0.05, 0) is 35.9 Å². The average molecular weight is 312 g/mol. The molecule has 0 amide bonds. The Morgan fingerprint density at radius 2 is 1.71 bits per heavy atom. The third-order valence-corrected chi connectivity index (χ3v) is 3.13. The fraction of sp³-hybridized carbons (Fsp3) is 0.0667. The van der Waals surface area contributed by atoms with Gasteiger partial charge >= 0.3 is 29.6 Å². The molecule has 2 aromatic carbocycles. The van der Waals surface area contributed by atoms with E-state index >= 15 is 0 Å². The molecule has 0 aliphatic carbocycles. The van der Waals surface area contributed by atoms with Gasteiger partial charge in [0.25, 0.3) is 0 Å². The first-order valence-corrected chi connectivity index (χ1v) is 6.24. The fourth-order valence-corrected chi connectivity index (χ4v) is 2.00. The van der Waals surface area contributed by atoms with Gasteiger partial charge in [0, 0.05) is 34.2 Å². The zero-order chi connectivity index (χ0) is 14.7. The van der Waals surface area contributed by atoms with Gasteiger partial charge in [0.1, 0.15) is 0 Å². The third-order valence-electron chi connectivity index (χ3n) is 2.88. The van der Waals surface area contributed by atoms with Gasteiger partial charge < -0.3 is 15.6 Å². The van der Waals surface area contributed by atoms with E-state index in [2.05, 4.69) is 0 Å². The number of carboxylic acids is 1.